The van der Waals surface area contributed by atoms with Crippen LogP contribution < -0.4 is 19.6 Å². The fourth-order valence-corrected chi connectivity index (χ4v) is 5.55. The van der Waals surface area contributed by atoms with Gasteiger partial charge in [-0.05, 0) is 44.5 Å². The van der Waals surface area contributed by atoms with Crippen molar-refractivity contribution in [2.75, 3.05) is 13.2 Å². The first-order chi connectivity index (χ1) is 17.2. The summed E-state index contributed by atoms with van der Waals surface area (Å²) in [5, 5.41) is 0.653. The number of carbonyl (C=O) groups is 1. The zero-order valence-electron chi connectivity index (χ0n) is 19.8. The van der Waals surface area contributed by atoms with Crippen molar-refractivity contribution in [1.29, 1.82) is 0 Å². The van der Waals surface area contributed by atoms with Crippen LogP contribution in [0, 0.1) is 19.3 Å². The number of nitrogens with zero attached hydrogens (tertiary/aromatic N) is 2. The molecule has 1 atom stereocenters. The van der Waals surface area contributed by atoms with E-state index in [0.29, 0.717) is 36.9 Å². The van der Waals surface area contributed by atoms with Gasteiger partial charge in [0.15, 0.2) is 4.80 Å². The fourth-order valence-electron chi connectivity index (χ4n) is 3.95. The first kappa shape index (κ1) is 25.8. The van der Waals surface area contributed by atoms with Crippen LogP contribution in [0.25, 0.3) is 6.08 Å². The number of aryl methyl sites for hydroxylation is 1. The van der Waals surface area contributed by atoms with E-state index in [-0.39, 0.29) is 23.8 Å². The van der Waals surface area contributed by atoms with Crippen molar-refractivity contribution in [3.8, 4) is 18.1 Å². The highest BCUT2D eigenvalue weighted by Gasteiger charge is 2.33. The molecule has 0 fully saturated rings. The zero-order valence-corrected chi connectivity index (χ0v) is 22.1. The van der Waals surface area contributed by atoms with Crippen LogP contribution in [-0.4, -0.2) is 23.8 Å². The maximum absolute atomic E-state index is 13.8. The Kier molecular flexibility index (Phi) is 7.70. The molecule has 0 bridgehead atoms. The van der Waals surface area contributed by atoms with Gasteiger partial charge in [-0.25, -0.2) is 9.79 Å². The molecule has 2 aromatic carbocycles. The lowest BCUT2D eigenvalue weighted by molar-refractivity contribution is -0.139. The van der Waals surface area contributed by atoms with E-state index in [9.17, 15) is 9.59 Å². The average molecular weight is 541 g/mol. The zero-order chi connectivity index (χ0) is 26.0. The summed E-state index contributed by atoms with van der Waals surface area (Å²) in [7, 11) is 0. The Morgan fingerprint density at radius 2 is 1.97 bits per heavy atom. The first-order valence-electron chi connectivity index (χ1n) is 11.1. The molecule has 0 radical (unpaired) electrons. The topological polar surface area (TPSA) is 69.9 Å². The van der Waals surface area contributed by atoms with Crippen LogP contribution in [0.15, 0.2) is 57.5 Å². The van der Waals surface area contributed by atoms with Gasteiger partial charge in [0.1, 0.15) is 12.4 Å². The second-order valence-corrected chi connectivity index (χ2v) is 9.86. The number of terminal acetylenes is 1. The predicted molar refractivity (Wildman–Crippen MR) is 142 cm³/mol. The first-order valence-corrected chi connectivity index (χ1v) is 12.6. The van der Waals surface area contributed by atoms with E-state index < -0.39 is 12.0 Å². The van der Waals surface area contributed by atoms with E-state index in [1.807, 2.05) is 31.2 Å². The van der Waals surface area contributed by atoms with Crippen LogP contribution in [0.1, 0.15) is 36.6 Å². The van der Waals surface area contributed by atoms with Gasteiger partial charge < -0.3 is 9.47 Å². The highest BCUT2D eigenvalue weighted by Crippen LogP contribution is 2.33. The Bertz CT molecular complexity index is 1590. The average Bonchev–Trinajstić information content (AvgIpc) is 3.12. The second kappa shape index (κ2) is 10.8. The molecule has 0 unspecified atom stereocenters. The van der Waals surface area contributed by atoms with Crippen molar-refractivity contribution in [3.63, 3.8) is 0 Å². The monoisotopic (exact) mass is 540 g/mol. The summed E-state index contributed by atoms with van der Waals surface area (Å²) in [4.78, 5) is 31.8. The number of hydrogen-bond donors (Lipinski definition) is 0. The highest BCUT2D eigenvalue weighted by molar-refractivity contribution is 7.07. The van der Waals surface area contributed by atoms with Crippen molar-refractivity contribution >= 4 is 46.6 Å². The summed E-state index contributed by atoms with van der Waals surface area (Å²) in [6.07, 6.45) is 6.98. The Hall–Kier alpha value is -3.31. The molecular formula is C27H22Cl2N2O4S. The largest absolute Gasteiger partial charge is 0.479 e. The van der Waals surface area contributed by atoms with E-state index in [1.165, 1.54) is 15.9 Å². The van der Waals surface area contributed by atoms with Gasteiger partial charge in [-0.15, -0.1) is 6.42 Å². The fraction of sp³-hybridized carbons (Fsp3) is 0.222. The third-order valence-corrected chi connectivity index (χ3v) is 7.02. The number of allylic oxidation sites excluding steroid dienone is 1. The number of rotatable bonds is 6. The molecule has 1 aliphatic heterocycles. The molecule has 0 N–H and O–H groups in total. The van der Waals surface area contributed by atoms with Crippen LogP contribution in [0.3, 0.4) is 0 Å². The quantitative estimate of drug-likeness (QED) is 0.342. The van der Waals surface area contributed by atoms with Crippen LogP contribution in [0.5, 0.6) is 5.75 Å². The standard InChI is InChI=1S/C27H22Cl2N2O4S/c1-5-11-35-24-18(12-19(28)14-20(24)29)13-21-25(32)31-23(17-9-7-15(3)8-10-17)22(26(33)34-6-2)16(4)30-27(31)36-21/h1,7-10,12-14,23H,6,11H2,2-4H3/b21-13-/t23-/m0/s1. The van der Waals surface area contributed by atoms with Gasteiger partial charge in [-0.2, -0.15) is 0 Å². The predicted octanol–water partition coefficient (Wildman–Crippen LogP) is 4.43. The summed E-state index contributed by atoms with van der Waals surface area (Å²) in [5.41, 5.74) is 2.83. The Morgan fingerprint density at radius 1 is 1.25 bits per heavy atom. The molecule has 36 heavy (non-hydrogen) atoms. The number of aromatic nitrogens is 1. The summed E-state index contributed by atoms with van der Waals surface area (Å²) in [6, 6.07) is 10.2. The molecule has 0 spiro atoms. The van der Waals surface area contributed by atoms with Crippen molar-refractivity contribution in [3.05, 3.63) is 94.1 Å². The molecule has 0 aliphatic carbocycles. The molecule has 0 saturated heterocycles. The number of thiazole rings is 1. The van der Waals surface area contributed by atoms with Crippen molar-refractivity contribution < 1.29 is 14.3 Å². The number of carbonyl (C=O) groups excluding carboxylic acids is 1. The van der Waals surface area contributed by atoms with Crippen molar-refractivity contribution in [2.24, 2.45) is 4.99 Å². The molecule has 0 saturated carbocycles. The Labute approximate surface area is 222 Å². The van der Waals surface area contributed by atoms with Crippen LogP contribution >= 0.6 is 34.5 Å². The van der Waals surface area contributed by atoms with Gasteiger partial charge in [0.2, 0.25) is 0 Å². The second-order valence-electron chi connectivity index (χ2n) is 8.01. The molecule has 3 aromatic rings. The van der Waals surface area contributed by atoms with Crippen LogP contribution in [-0.2, 0) is 9.53 Å². The van der Waals surface area contributed by atoms with E-state index in [2.05, 4.69) is 10.9 Å². The van der Waals surface area contributed by atoms with Gasteiger partial charge >= 0.3 is 5.97 Å². The number of esters is 1. The summed E-state index contributed by atoms with van der Waals surface area (Å²) >= 11 is 13.8. The number of fused-ring (bicyclic) bond motifs is 1. The van der Waals surface area contributed by atoms with Gasteiger partial charge in [0.05, 0.1) is 33.5 Å². The van der Waals surface area contributed by atoms with E-state index in [1.54, 1.807) is 32.1 Å². The third-order valence-electron chi connectivity index (χ3n) is 5.53. The van der Waals surface area contributed by atoms with Gasteiger partial charge in [0.25, 0.3) is 5.56 Å². The summed E-state index contributed by atoms with van der Waals surface area (Å²) in [5.74, 6) is 2.22. The normalized spacial score (nSPS) is 15.2. The molecule has 1 aromatic heterocycles. The molecule has 0 amide bonds. The molecule has 6 nitrogen and oxygen atoms in total. The maximum Gasteiger partial charge on any atom is 0.338 e. The maximum atomic E-state index is 13.8. The SMILES string of the molecule is C#CCOc1c(Cl)cc(Cl)cc1/C=c1\sc2n(c1=O)[C@@H](c1ccc(C)cc1)C(C(=O)OCC)=C(C)N=2. The Morgan fingerprint density at radius 3 is 2.64 bits per heavy atom. The van der Waals surface area contributed by atoms with E-state index in [0.717, 1.165) is 11.1 Å². The minimum absolute atomic E-state index is 0.00103. The van der Waals surface area contributed by atoms with E-state index >= 15 is 0 Å². The summed E-state index contributed by atoms with van der Waals surface area (Å²) < 4.78 is 12.8. The van der Waals surface area contributed by atoms with Crippen molar-refractivity contribution in [2.45, 2.75) is 26.8 Å². The minimum Gasteiger partial charge on any atom is -0.479 e. The molecular weight excluding hydrogens is 519 g/mol. The van der Waals surface area contributed by atoms with Crippen LogP contribution in [0.2, 0.25) is 10.0 Å². The number of halogens is 2. The third kappa shape index (κ3) is 4.98. The van der Waals surface area contributed by atoms with Crippen molar-refractivity contribution in [1.82, 2.24) is 4.57 Å². The van der Waals surface area contributed by atoms with Gasteiger partial charge in [-0.1, -0.05) is 70.3 Å². The Balaban J connectivity index is 1.96. The number of hydrogen-bond acceptors (Lipinski definition) is 6. The van der Waals surface area contributed by atoms with Gasteiger partial charge in [0, 0.05) is 10.6 Å². The molecule has 184 valence electrons. The highest BCUT2D eigenvalue weighted by atomic mass is 35.5. The molecule has 2 heterocycles. The number of benzene rings is 2. The lowest BCUT2D eigenvalue weighted by Crippen LogP contribution is -2.39. The molecule has 4 rings (SSSR count). The number of ether oxygens (including phenoxy) is 2. The summed E-state index contributed by atoms with van der Waals surface area (Å²) in [6.45, 7) is 5.65. The molecule has 9 heteroatoms. The lowest BCUT2D eigenvalue weighted by atomic mass is 9.95. The minimum atomic E-state index is -0.692. The molecule has 1 aliphatic rings. The lowest BCUT2D eigenvalue weighted by Gasteiger charge is -2.24. The smallest absolute Gasteiger partial charge is 0.338 e. The van der Waals surface area contributed by atoms with Gasteiger partial charge in [-0.3, -0.25) is 9.36 Å². The van der Waals surface area contributed by atoms with Crippen LogP contribution in [0.4, 0.5) is 0 Å². The van der Waals surface area contributed by atoms with E-state index in [4.69, 9.17) is 39.1 Å².